The van der Waals surface area contributed by atoms with E-state index in [2.05, 4.69) is 74.2 Å². The number of hydrogen-bond acceptors (Lipinski definition) is 1. The molecule has 21 heavy (non-hydrogen) atoms. The number of benzene rings is 1. The summed E-state index contributed by atoms with van der Waals surface area (Å²) in [6.07, 6.45) is 4.53. The summed E-state index contributed by atoms with van der Waals surface area (Å²) in [5.74, 6) is 0.995. The van der Waals surface area contributed by atoms with Crippen molar-refractivity contribution in [2.24, 2.45) is 0 Å². The van der Waals surface area contributed by atoms with Gasteiger partial charge in [-0.15, -0.1) is 0 Å². The van der Waals surface area contributed by atoms with E-state index in [1.807, 2.05) is 6.92 Å². The quantitative estimate of drug-likeness (QED) is 0.336. The van der Waals surface area contributed by atoms with Crippen LogP contribution in [-0.4, -0.2) is 0 Å². The molecular formula is C19H23IO. The molecule has 0 saturated heterocycles. The van der Waals surface area contributed by atoms with Gasteiger partial charge in [-0.2, -0.15) is 0 Å². The number of ether oxygens (including phenoxy) is 1. The maximum atomic E-state index is 6.22. The number of fused-ring (bicyclic) bond motifs is 1. The third-order valence-corrected chi connectivity index (χ3v) is 5.06. The molecule has 0 N–H and O–H groups in total. The van der Waals surface area contributed by atoms with Crippen molar-refractivity contribution in [3.8, 4) is 0 Å². The number of allylic oxidation sites excluding steroid dienone is 5. The first-order chi connectivity index (χ1) is 9.88. The SMILES string of the molecule is C=C(C)/C(C)=C\C(I)=C(/C)OC1CCc2cc(C)ccc21. The van der Waals surface area contributed by atoms with Crippen molar-refractivity contribution in [1.29, 1.82) is 0 Å². The molecule has 0 radical (unpaired) electrons. The summed E-state index contributed by atoms with van der Waals surface area (Å²) in [5.41, 5.74) is 6.42. The van der Waals surface area contributed by atoms with Gasteiger partial charge in [0.2, 0.25) is 0 Å². The molecule has 0 fully saturated rings. The maximum Gasteiger partial charge on any atom is 0.124 e. The fourth-order valence-corrected chi connectivity index (χ4v) is 3.11. The Labute approximate surface area is 141 Å². The van der Waals surface area contributed by atoms with Crippen LogP contribution in [0.1, 0.15) is 50.0 Å². The molecule has 0 aromatic heterocycles. The monoisotopic (exact) mass is 394 g/mol. The number of hydrogen-bond donors (Lipinski definition) is 0. The molecule has 1 aliphatic rings. The largest absolute Gasteiger partial charge is 0.489 e. The molecule has 0 amide bonds. The van der Waals surface area contributed by atoms with Gasteiger partial charge in [0.15, 0.2) is 0 Å². The van der Waals surface area contributed by atoms with Crippen molar-refractivity contribution in [3.63, 3.8) is 0 Å². The lowest BCUT2D eigenvalue weighted by Crippen LogP contribution is -1.99. The summed E-state index contributed by atoms with van der Waals surface area (Å²) >= 11 is 2.34. The Morgan fingerprint density at radius 3 is 2.71 bits per heavy atom. The minimum absolute atomic E-state index is 0.198. The molecule has 0 heterocycles. The average Bonchev–Trinajstić information content (AvgIpc) is 2.80. The standard InChI is InChI=1S/C19H23IO/c1-12(2)14(4)11-18(20)15(5)21-19-9-7-16-10-13(3)6-8-17(16)19/h6,8,10-11,19H,1,7,9H2,2-5H3/b14-11-,18-15-. The van der Waals surface area contributed by atoms with Crippen molar-refractivity contribution in [2.75, 3.05) is 0 Å². The Morgan fingerprint density at radius 2 is 2.05 bits per heavy atom. The molecule has 1 aliphatic carbocycles. The van der Waals surface area contributed by atoms with Crippen molar-refractivity contribution in [2.45, 2.75) is 46.6 Å². The molecule has 0 bridgehead atoms. The minimum Gasteiger partial charge on any atom is -0.489 e. The predicted molar refractivity (Wildman–Crippen MR) is 98.6 cm³/mol. The zero-order chi connectivity index (χ0) is 15.6. The van der Waals surface area contributed by atoms with E-state index < -0.39 is 0 Å². The van der Waals surface area contributed by atoms with Gasteiger partial charge in [0.05, 0.1) is 3.58 Å². The van der Waals surface area contributed by atoms with Crippen LogP contribution in [-0.2, 0) is 11.2 Å². The first kappa shape index (κ1) is 16.3. The Kier molecular flexibility index (Phi) is 5.31. The Bertz CT molecular complexity index is 622. The summed E-state index contributed by atoms with van der Waals surface area (Å²) in [5, 5.41) is 0. The van der Waals surface area contributed by atoms with E-state index in [9.17, 15) is 0 Å². The van der Waals surface area contributed by atoms with Gasteiger partial charge in [-0.3, -0.25) is 0 Å². The first-order valence-electron chi connectivity index (χ1n) is 7.35. The average molecular weight is 394 g/mol. The molecule has 1 nitrogen and oxygen atoms in total. The third-order valence-electron chi connectivity index (χ3n) is 3.99. The molecule has 112 valence electrons. The van der Waals surface area contributed by atoms with Crippen LogP contribution >= 0.6 is 22.6 Å². The summed E-state index contributed by atoms with van der Waals surface area (Å²) in [6, 6.07) is 6.68. The smallest absolute Gasteiger partial charge is 0.124 e. The second-order valence-corrected chi connectivity index (χ2v) is 7.02. The van der Waals surface area contributed by atoms with Crippen LogP contribution < -0.4 is 0 Å². The molecule has 0 spiro atoms. The van der Waals surface area contributed by atoms with Crippen LogP contribution in [0.2, 0.25) is 0 Å². The molecule has 1 aromatic carbocycles. The lowest BCUT2D eigenvalue weighted by atomic mass is 10.1. The van der Waals surface area contributed by atoms with E-state index in [0.29, 0.717) is 0 Å². The van der Waals surface area contributed by atoms with Crippen LogP contribution in [0, 0.1) is 6.92 Å². The second-order valence-electron chi connectivity index (χ2n) is 5.86. The normalized spacial score (nSPS) is 19.1. The highest BCUT2D eigenvalue weighted by molar-refractivity contribution is 14.1. The van der Waals surface area contributed by atoms with Gasteiger partial charge in [-0.25, -0.2) is 0 Å². The Hall–Kier alpha value is -1.03. The van der Waals surface area contributed by atoms with Crippen molar-refractivity contribution in [1.82, 2.24) is 0 Å². The Morgan fingerprint density at radius 1 is 1.33 bits per heavy atom. The minimum atomic E-state index is 0.198. The number of aryl methyl sites for hydroxylation is 2. The molecule has 2 heteroatoms. The molecule has 1 atom stereocenters. The van der Waals surface area contributed by atoms with Gasteiger partial charge in [-0.05, 0) is 85.9 Å². The fourth-order valence-electron chi connectivity index (χ4n) is 2.51. The van der Waals surface area contributed by atoms with Crippen LogP contribution in [0.15, 0.2) is 51.3 Å². The van der Waals surface area contributed by atoms with Gasteiger partial charge < -0.3 is 4.74 Å². The number of halogens is 1. The highest BCUT2D eigenvalue weighted by Crippen LogP contribution is 2.37. The van der Waals surface area contributed by atoms with Gasteiger partial charge in [0, 0.05) is 0 Å². The maximum absolute atomic E-state index is 6.22. The van der Waals surface area contributed by atoms with Crippen molar-refractivity contribution >= 4 is 22.6 Å². The molecule has 0 saturated carbocycles. The van der Waals surface area contributed by atoms with Gasteiger partial charge >= 0.3 is 0 Å². The fraction of sp³-hybridized carbons (Fsp3) is 0.368. The van der Waals surface area contributed by atoms with E-state index >= 15 is 0 Å². The molecule has 2 rings (SSSR count). The highest BCUT2D eigenvalue weighted by Gasteiger charge is 2.24. The van der Waals surface area contributed by atoms with E-state index in [4.69, 9.17) is 4.74 Å². The third kappa shape index (κ3) is 4.00. The van der Waals surface area contributed by atoms with E-state index in [1.165, 1.54) is 22.3 Å². The summed E-state index contributed by atoms with van der Waals surface area (Å²) in [4.78, 5) is 0. The zero-order valence-corrected chi connectivity index (χ0v) is 15.5. The molecular weight excluding hydrogens is 371 g/mol. The summed E-state index contributed by atoms with van der Waals surface area (Å²) < 4.78 is 7.36. The van der Waals surface area contributed by atoms with Crippen LogP contribution in [0.5, 0.6) is 0 Å². The second kappa shape index (κ2) is 6.82. The predicted octanol–water partition coefficient (Wildman–Crippen LogP) is 6.19. The summed E-state index contributed by atoms with van der Waals surface area (Å²) in [6.45, 7) is 12.3. The highest BCUT2D eigenvalue weighted by atomic mass is 127. The van der Waals surface area contributed by atoms with E-state index in [-0.39, 0.29) is 6.10 Å². The van der Waals surface area contributed by atoms with Gasteiger partial charge in [0.25, 0.3) is 0 Å². The number of rotatable bonds is 4. The van der Waals surface area contributed by atoms with Gasteiger partial charge in [0.1, 0.15) is 11.9 Å². The lowest BCUT2D eigenvalue weighted by Gasteiger charge is -2.16. The van der Waals surface area contributed by atoms with Crippen molar-refractivity contribution in [3.05, 3.63) is 68.0 Å². The van der Waals surface area contributed by atoms with Crippen molar-refractivity contribution < 1.29 is 4.74 Å². The lowest BCUT2D eigenvalue weighted by molar-refractivity contribution is 0.119. The zero-order valence-electron chi connectivity index (χ0n) is 13.3. The van der Waals surface area contributed by atoms with Crippen LogP contribution in [0.25, 0.3) is 0 Å². The van der Waals surface area contributed by atoms with E-state index in [0.717, 1.165) is 27.8 Å². The molecule has 0 aliphatic heterocycles. The Balaban J connectivity index is 2.17. The van der Waals surface area contributed by atoms with Crippen LogP contribution in [0.4, 0.5) is 0 Å². The topological polar surface area (TPSA) is 9.23 Å². The van der Waals surface area contributed by atoms with Gasteiger partial charge in [-0.1, -0.05) is 35.9 Å². The summed E-state index contributed by atoms with van der Waals surface area (Å²) in [7, 11) is 0. The first-order valence-corrected chi connectivity index (χ1v) is 8.43. The van der Waals surface area contributed by atoms with E-state index in [1.54, 1.807) is 0 Å². The molecule has 1 aromatic rings. The van der Waals surface area contributed by atoms with Crippen LogP contribution in [0.3, 0.4) is 0 Å². The molecule has 1 unspecified atom stereocenters.